The number of H-pyrrole nitrogens is 1. The van der Waals surface area contributed by atoms with Crippen molar-refractivity contribution in [3.63, 3.8) is 0 Å². The van der Waals surface area contributed by atoms with Gasteiger partial charge >= 0.3 is 0 Å². The van der Waals surface area contributed by atoms with E-state index in [4.69, 9.17) is 9.47 Å². The number of pyridine rings is 1. The monoisotopic (exact) mass is 363 g/mol. The quantitative estimate of drug-likeness (QED) is 0.823. The second kappa shape index (κ2) is 8.22. The molecule has 2 aliphatic rings. The Morgan fingerprint density at radius 2 is 2.08 bits per heavy atom. The van der Waals surface area contributed by atoms with Gasteiger partial charge in [0, 0.05) is 63.1 Å². The molecular formula is C19H29N3O4. The van der Waals surface area contributed by atoms with Gasteiger partial charge in [-0.25, -0.2) is 0 Å². The molecule has 7 nitrogen and oxygen atoms in total. The molecule has 1 aromatic rings. The van der Waals surface area contributed by atoms with Gasteiger partial charge < -0.3 is 19.4 Å². The van der Waals surface area contributed by atoms with Crippen LogP contribution < -0.4 is 10.2 Å². The fourth-order valence-electron chi connectivity index (χ4n) is 4.28. The molecular weight excluding hydrogens is 334 g/mol. The maximum Gasteiger partial charge on any atom is 0.223 e. The maximum atomic E-state index is 12.2. The Balaban J connectivity index is 1.65. The highest BCUT2D eigenvalue weighted by molar-refractivity contribution is 5.77. The molecule has 144 valence electrons. The van der Waals surface area contributed by atoms with E-state index in [1.54, 1.807) is 19.4 Å². The molecule has 1 aromatic heterocycles. The predicted octanol–water partition coefficient (Wildman–Crippen LogP) is 1.23. The Hall–Kier alpha value is -1.86. The molecule has 0 saturated carbocycles. The van der Waals surface area contributed by atoms with Crippen LogP contribution >= 0.6 is 0 Å². The van der Waals surface area contributed by atoms with Crippen molar-refractivity contribution in [3.8, 4) is 5.75 Å². The number of carbonyl (C=O) groups is 1. The third-order valence-corrected chi connectivity index (χ3v) is 5.60. The minimum absolute atomic E-state index is 0.0954. The summed E-state index contributed by atoms with van der Waals surface area (Å²) in [5.41, 5.74) is 0.963. The maximum absolute atomic E-state index is 12.2. The first-order chi connectivity index (χ1) is 12.5. The third kappa shape index (κ3) is 4.27. The van der Waals surface area contributed by atoms with Gasteiger partial charge in [0.25, 0.3) is 0 Å². The first-order valence-electron chi connectivity index (χ1n) is 9.30. The lowest BCUT2D eigenvalue weighted by Crippen LogP contribution is -2.54. The average Bonchev–Trinajstić information content (AvgIpc) is 2.63. The van der Waals surface area contributed by atoms with Crippen LogP contribution in [0.3, 0.4) is 0 Å². The molecule has 1 N–H and O–H groups in total. The highest BCUT2D eigenvalue weighted by atomic mass is 16.5. The predicted molar refractivity (Wildman–Crippen MR) is 98.2 cm³/mol. The van der Waals surface area contributed by atoms with Crippen molar-refractivity contribution in [1.29, 1.82) is 0 Å². The van der Waals surface area contributed by atoms with Crippen molar-refractivity contribution in [3.05, 3.63) is 28.2 Å². The number of amides is 1. The standard InChI is InChI=1S/C19H29N3O4/c1-25-9-8-22-14-19(6-4-18(22)24)5-3-7-21(13-19)12-15-10-16(23)17(26-2)11-20-15/h10-11H,3-9,12-14H2,1-2H3,(H,20,23)/t19-/m1/s1. The molecule has 0 unspecified atom stereocenters. The van der Waals surface area contributed by atoms with Gasteiger partial charge in [0.05, 0.1) is 13.7 Å². The number of rotatable bonds is 6. The van der Waals surface area contributed by atoms with E-state index < -0.39 is 0 Å². The van der Waals surface area contributed by atoms with Gasteiger partial charge in [0.2, 0.25) is 11.3 Å². The zero-order valence-corrected chi connectivity index (χ0v) is 15.8. The van der Waals surface area contributed by atoms with Crippen LogP contribution in [0.15, 0.2) is 17.1 Å². The first kappa shape index (κ1) is 18.9. The van der Waals surface area contributed by atoms with Crippen LogP contribution in [0, 0.1) is 5.41 Å². The number of aromatic amines is 1. The number of piperidine rings is 2. The summed E-state index contributed by atoms with van der Waals surface area (Å²) in [5.74, 6) is 0.577. The Labute approximate surface area is 154 Å². The van der Waals surface area contributed by atoms with E-state index in [-0.39, 0.29) is 16.8 Å². The van der Waals surface area contributed by atoms with Gasteiger partial charge in [-0.3, -0.25) is 14.5 Å². The van der Waals surface area contributed by atoms with Crippen molar-refractivity contribution in [2.75, 3.05) is 47.0 Å². The van der Waals surface area contributed by atoms with Crippen molar-refractivity contribution < 1.29 is 14.3 Å². The van der Waals surface area contributed by atoms with Crippen molar-refractivity contribution >= 4 is 5.91 Å². The Morgan fingerprint density at radius 1 is 1.23 bits per heavy atom. The van der Waals surface area contributed by atoms with Gasteiger partial charge in [-0.1, -0.05) is 0 Å². The van der Waals surface area contributed by atoms with Gasteiger partial charge in [-0.15, -0.1) is 0 Å². The molecule has 1 amide bonds. The van der Waals surface area contributed by atoms with Crippen LogP contribution in [-0.2, 0) is 16.1 Å². The minimum atomic E-state index is -0.0954. The summed E-state index contributed by atoms with van der Waals surface area (Å²) in [6, 6.07) is 1.62. The van der Waals surface area contributed by atoms with Crippen LogP contribution in [0.2, 0.25) is 0 Å². The van der Waals surface area contributed by atoms with E-state index in [9.17, 15) is 9.59 Å². The van der Waals surface area contributed by atoms with Crippen LogP contribution in [0.25, 0.3) is 0 Å². The summed E-state index contributed by atoms with van der Waals surface area (Å²) in [6.45, 7) is 4.75. The number of likely N-dealkylation sites (tertiary alicyclic amines) is 2. The molecule has 0 aliphatic carbocycles. The average molecular weight is 363 g/mol. The fourth-order valence-corrected chi connectivity index (χ4v) is 4.28. The number of hydrogen-bond acceptors (Lipinski definition) is 5. The first-order valence-corrected chi connectivity index (χ1v) is 9.30. The zero-order valence-electron chi connectivity index (χ0n) is 15.8. The molecule has 7 heteroatoms. The van der Waals surface area contributed by atoms with Gasteiger partial charge in [-0.2, -0.15) is 0 Å². The lowest BCUT2D eigenvalue weighted by Gasteiger charge is -2.48. The minimum Gasteiger partial charge on any atom is -0.491 e. The summed E-state index contributed by atoms with van der Waals surface area (Å²) >= 11 is 0. The molecule has 0 aromatic carbocycles. The number of aromatic nitrogens is 1. The highest BCUT2D eigenvalue weighted by Gasteiger charge is 2.41. The zero-order chi connectivity index (χ0) is 18.6. The Kier molecular flexibility index (Phi) is 5.98. The lowest BCUT2D eigenvalue weighted by molar-refractivity contribution is -0.140. The van der Waals surface area contributed by atoms with E-state index in [1.165, 1.54) is 7.11 Å². The number of carbonyl (C=O) groups excluding carboxylic acids is 1. The lowest BCUT2D eigenvalue weighted by atomic mass is 9.73. The van der Waals surface area contributed by atoms with E-state index >= 15 is 0 Å². The summed E-state index contributed by atoms with van der Waals surface area (Å²) in [7, 11) is 3.17. The smallest absolute Gasteiger partial charge is 0.223 e. The molecule has 2 saturated heterocycles. The summed E-state index contributed by atoms with van der Waals surface area (Å²) < 4.78 is 10.2. The Morgan fingerprint density at radius 3 is 2.81 bits per heavy atom. The molecule has 26 heavy (non-hydrogen) atoms. The van der Waals surface area contributed by atoms with E-state index in [0.29, 0.717) is 31.9 Å². The summed E-state index contributed by atoms with van der Waals surface area (Å²) in [6.07, 6.45) is 5.47. The SMILES string of the molecule is COCCN1C[C@]2(CCCN(Cc3cc(=O)c(OC)c[nH]3)C2)CCC1=O. The van der Waals surface area contributed by atoms with Crippen molar-refractivity contribution in [2.45, 2.75) is 32.2 Å². The van der Waals surface area contributed by atoms with Crippen LogP contribution in [0.5, 0.6) is 5.75 Å². The number of ether oxygens (including phenoxy) is 2. The number of methoxy groups -OCH3 is 2. The third-order valence-electron chi connectivity index (χ3n) is 5.60. The summed E-state index contributed by atoms with van der Waals surface area (Å²) in [4.78, 5) is 31.7. The van der Waals surface area contributed by atoms with E-state index in [1.807, 2.05) is 4.90 Å². The number of nitrogens with one attached hydrogen (secondary N) is 1. The summed E-state index contributed by atoms with van der Waals surface area (Å²) in [5, 5.41) is 0. The van der Waals surface area contributed by atoms with Crippen molar-refractivity contribution in [1.82, 2.24) is 14.8 Å². The molecule has 0 radical (unpaired) electrons. The molecule has 1 atom stereocenters. The van der Waals surface area contributed by atoms with E-state index in [2.05, 4.69) is 9.88 Å². The van der Waals surface area contributed by atoms with Crippen LogP contribution in [-0.4, -0.2) is 67.7 Å². The highest BCUT2D eigenvalue weighted by Crippen LogP contribution is 2.39. The topological polar surface area (TPSA) is 74.9 Å². The molecule has 3 rings (SSSR count). The largest absolute Gasteiger partial charge is 0.491 e. The van der Waals surface area contributed by atoms with Gasteiger partial charge in [-0.05, 0) is 25.8 Å². The second-order valence-electron chi connectivity index (χ2n) is 7.51. The van der Waals surface area contributed by atoms with Gasteiger partial charge in [0.15, 0.2) is 5.75 Å². The van der Waals surface area contributed by atoms with Crippen LogP contribution in [0.1, 0.15) is 31.4 Å². The molecule has 1 spiro atoms. The number of hydrogen-bond donors (Lipinski definition) is 1. The fraction of sp³-hybridized carbons (Fsp3) is 0.684. The molecule has 3 heterocycles. The Bertz CT molecular complexity index is 690. The molecule has 0 bridgehead atoms. The van der Waals surface area contributed by atoms with Gasteiger partial charge in [0.1, 0.15) is 0 Å². The van der Waals surface area contributed by atoms with Crippen LogP contribution in [0.4, 0.5) is 0 Å². The molecule has 2 fully saturated rings. The second-order valence-corrected chi connectivity index (χ2v) is 7.51. The molecule has 2 aliphatic heterocycles. The van der Waals surface area contributed by atoms with Crippen molar-refractivity contribution in [2.24, 2.45) is 5.41 Å². The normalized spacial score (nSPS) is 24.2. The van der Waals surface area contributed by atoms with E-state index in [0.717, 1.165) is 44.6 Å². The number of nitrogens with zero attached hydrogens (tertiary/aromatic N) is 2.